The van der Waals surface area contributed by atoms with Crippen LogP contribution in [0, 0.1) is 17.2 Å². The van der Waals surface area contributed by atoms with Gasteiger partial charge in [0, 0.05) is 17.8 Å². The molecule has 0 bridgehead atoms. The molecule has 1 atom stereocenters. The Hall–Kier alpha value is -1.34. The highest BCUT2D eigenvalue weighted by Gasteiger charge is 2.25. The molecular formula is C11H12N2OS. The van der Waals surface area contributed by atoms with E-state index in [1.54, 1.807) is 11.3 Å². The molecule has 1 aliphatic rings. The largest absolute Gasteiger partial charge is 0.337 e. The first kappa shape index (κ1) is 10.2. The van der Waals surface area contributed by atoms with Crippen LogP contribution in [0.1, 0.15) is 17.7 Å². The molecule has 1 fully saturated rings. The van der Waals surface area contributed by atoms with Crippen LogP contribution in [0.3, 0.4) is 0 Å². The van der Waals surface area contributed by atoms with E-state index in [-0.39, 0.29) is 11.8 Å². The van der Waals surface area contributed by atoms with Crippen molar-refractivity contribution in [3.05, 3.63) is 22.4 Å². The summed E-state index contributed by atoms with van der Waals surface area (Å²) in [5.41, 5.74) is 0. The van der Waals surface area contributed by atoms with Crippen molar-refractivity contribution >= 4 is 17.2 Å². The third-order valence-corrected chi connectivity index (χ3v) is 3.49. The van der Waals surface area contributed by atoms with Crippen LogP contribution in [0.15, 0.2) is 17.5 Å². The first-order valence-corrected chi connectivity index (χ1v) is 5.87. The Morgan fingerprint density at radius 3 is 3.13 bits per heavy atom. The van der Waals surface area contributed by atoms with Crippen LogP contribution in [0.2, 0.25) is 0 Å². The minimum Gasteiger partial charge on any atom is -0.337 e. The fraction of sp³-hybridized carbons (Fsp3) is 0.455. The van der Waals surface area contributed by atoms with Gasteiger partial charge in [-0.25, -0.2) is 0 Å². The molecule has 0 radical (unpaired) electrons. The van der Waals surface area contributed by atoms with Crippen LogP contribution in [-0.2, 0) is 11.3 Å². The third kappa shape index (κ3) is 2.37. The van der Waals surface area contributed by atoms with Gasteiger partial charge >= 0.3 is 0 Å². The molecule has 1 aromatic rings. The van der Waals surface area contributed by atoms with E-state index in [2.05, 4.69) is 6.07 Å². The lowest BCUT2D eigenvalue weighted by molar-refractivity contribution is -0.134. The number of hydrogen-bond acceptors (Lipinski definition) is 3. The molecule has 2 rings (SSSR count). The van der Waals surface area contributed by atoms with Crippen molar-refractivity contribution in [3.63, 3.8) is 0 Å². The molecule has 0 aliphatic carbocycles. The summed E-state index contributed by atoms with van der Waals surface area (Å²) in [5.74, 6) is 0.0401. The normalized spacial score (nSPS) is 21.4. The monoisotopic (exact) mass is 220 g/mol. The van der Waals surface area contributed by atoms with Crippen LogP contribution in [0.4, 0.5) is 0 Å². The maximum absolute atomic E-state index is 11.7. The van der Waals surface area contributed by atoms with E-state index in [4.69, 9.17) is 5.26 Å². The Balaban J connectivity index is 1.95. The zero-order chi connectivity index (χ0) is 10.7. The summed E-state index contributed by atoms with van der Waals surface area (Å²) < 4.78 is 0. The van der Waals surface area contributed by atoms with Crippen LogP contribution in [0.5, 0.6) is 0 Å². The van der Waals surface area contributed by atoms with Crippen LogP contribution >= 0.6 is 11.3 Å². The molecule has 1 aromatic heterocycles. The Bertz CT molecular complexity index is 380. The number of amides is 1. The topological polar surface area (TPSA) is 44.1 Å². The second-order valence-corrected chi connectivity index (χ2v) is 4.75. The fourth-order valence-electron chi connectivity index (χ4n) is 1.75. The molecule has 0 spiro atoms. The van der Waals surface area contributed by atoms with E-state index >= 15 is 0 Å². The number of piperidine rings is 1. The van der Waals surface area contributed by atoms with Crippen molar-refractivity contribution in [2.24, 2.45) is 5.92 Å². The van der Waals surface area contributed by atoms with E-state index in [0.29, 0.717) is 13.0 Å². The molecule has 1 amide bonds. The van der Waals surface area contributed by atoms with E-state index in [9.17, 15) is 4.79 Å². The Morgan fingerprint density at radius 2 is 2.53 bits per heavy atom. The molecule has 4 heteroatoms. The summed E-state index contributed by atoms with van der Waals surface area (Å²) in [4.78, 5) is 14.7. The predicted octanol–water partition coefficient (Wildman–Crippen LogP) is 2.01. The molecule has 2 heterocycles. The Kier molecular flexibility index (Phi) is 3.02. The highest BCUT2D eigenvalue weighted by atomic mass is 32.1. The first-order valence-electron chi connectivity index (χ1n) is 4.99. The Labute approximate surface area is 92.9 Å². The maximum Gasteiger partial charge on any atom is 0.224 e. The van der Waals surface area contributed by atoms with Gasteiger partial charge in [-0.05, 0) is 17.9 Å². The van der Waals surface area contributed by atoms with Gasteiger partial charge in [0.2, 0.25) is 5.91 Å². The highest BCUT2D eigenvalue weighted by molar-refractivity contribution is 7.09. The average molecular weight is 220 g/mol. The van der Waals surface area contributed by atoms with Crippen LogP contribution < -0.4 is 0 Å². The Morgan fingerprint density at radius 1 is 1.67 bits per heavy atom. The summed E-state index contributed by atoms with van der Waals surface area (Å²) in [5, 5.41) is 10.7. The molecule has 0 N–H and O–H groups in total. The van der Waals surface area contributed by atoms with Crippen molar-refractivity contribution in [2.75, 3.05) is 6.54 Å². The molecule has 1 saturated heterocycles. The number of likely N-dealkylation sites (tertiary alicyclic amines) is 1. The number of nitrogens with zero attached hydrogens (tertiary/aromatic N) is 2. The van der Waals surface area contributed by atoms with E-state index < -0.39 is 0 Å². The summed E-state index contributed by atoms with van der Waals surface area (Å²) in [7, 11) is 0. The average Bonchev–Trinajstić information content (AvgIpc) is 2.74. The molecule has 3 nitrogen and oxygen atoms in total. The number of carbonyl (C=O) groups is 1. The van der Waals surface area contributed by atoms with E-state index in [0.717, 1.165) is 13.0 Å². The maximum atomic E-state index is 11.7. The quantitative estimate of drug-likeness (QED) is 0.765. The van der Waals surface area contributed by atoms with Gasteiger partial charge in [0.25, 0.3) is 0 Å². The smallest absolute Gasteiger partial charge is 0.224 e. The third-order valence-electron chi connectivity index (χ3n) is 2.63. The van der Waals surface area contributed by atoms with Crippen molar-refractivity contribution in [3.8, 4) is 6.07 Å². The minimum atomic E-state index is -0.0721. The van der Waals surface area contributed by atoms with E-state index in [1.165, 1.54) is 4.88 Å². The van der Waals surface area contributed by atoms with Gasteiger partial charge in [0.05, 0.1) is 18.5 Å². The van der Waals surface area contributed by atoms with Gasteiger partial charge in [-0.2, -0.15) is 5.26 Å². The fourth-order valence-corrected chi connectivity index (χ4v) is 2.47. The summed E-state index contributed by atoms with van der Waals surface area (Å²) in [6.45, 7) is 1.42. The van der Waals surface area contributed by atoms with Crippen LogP contribution in [-0.4, -0.2) is 17.4 Å². The molecule has 1 unspecified atom stereocenters. The van der Waals surface area contributed by atoms with Crippen LogP contribution in [0.25, 0.3) is 0 Å². The number of hydrogen-bond donors (Lipinski definition) is 0. The number of nitriles is 1. The lowest BCUT2D eigenvalue weighted by Gasteiger charge is -2.28. The summed E-state index contributed by atoms with van der Waals surface area (Å²) >= 11 is 1.67. The first-order chi connectivity index (χ1) is 7.29. The molecule has 1 aliphatic heterocycles. The second-order valence-electron chi connectivity index (χ2n) is 3.71. The summed E-state index contributed by atoms with van der Waals surface area (Å²) in [6, 6.07) is 6.20. The zero-order valence-electron chi connectivity index (χ0n) is 8.35. The van der Waals surface area contributed by atoms with Crippen molar-refractivity contribution in [1.29, 1.82) is 5.26 Å². The van der Waals surface area contributed by atoms with E-state index in [1.807, 2.05) is 22.4 Å². The number of thiophene rings is 1. The zero-order valence-corrected chi connectivity index (χ0v) is 9.17. The lowest BCUT2D eigenvalue weighted by atomic mass is 9.98. The molecule has 15 heavy (non-hydrogen) atoms. The van der Waals surface area contributed by atoms with Gasteiger partial charge in [0.1, 0.15) is 0 Å². The number of carbonyl (C=O) groups excluding carboxylic acids is 1. The molecule has 0 saturated carbocycles. The van der Waals surface area contributed by atoms with Gasteiger partial charge in [-0.3, -0.25) is 4.79 Å². The van der Waals surface area contributed by atoms with Gasteiger partial charge in [-0.15, -0.1) is 11.3 Å². The number of rotatable bonds is 2. The minimum absolute atomic E-state index is 0.0721. The van der Waals surface area contributed by atoms with Gasteiger partial charge in [0.15, 0.2) is 0 Å². The predicted molar refractivity (Wildman–Crippen MR) is 58.1 cm³/mol. The van der Waals surface area contributed by atoms with Crippen molar-refractivity contribution in [1.82, 2.24) is 4.90 Å². The van der Waals surface area contributed by atoms with Gasteiger partial charge in [-0.1, -0.05) is 6.07 Å². The molecule has 0 aromatic carbocycles. The van der Waals surface area contributed by atoms with Gasteiger partial charge < -0.3 is 4.90 Å². The lowest BCUT2D eigenvalue weighted by Crippen LogP contribution is -2.37. The second kappa shape index (κ2) is 4.45. The highest BCUT2D eigenvalue weighted by Crippen LogP contribution is 2.20. The standard InChI is InChI=1S/C11H12N2OS/c12-7-9-3-4-13(11(14)6-9)8-10-2-1-5-15-10/h1-2,5,9H,3-4,6,8H2. The SMILES string of the molecule is N#CC1CCN(Cc2cccs2)C(=O)C1. The summed E-state index contributed by atoms with van der Waals surface area (Å²) in [6.07, 6.45) is 1.20. The van der Waals surface area contributed by atoms with Crippen molar-refractivity contribution in [2.45, 2.75) is 19.4 Å². The molecule has 78 valence electrons. The molecular weight excluding hydrogens is 208 g/mol. The van der Waals surface area contributed by atoms with Crippen molar-refractivity contribution < 1.29 is 4.79 Å².